The summed E-state index contributed by atoms with van der Waals surface area (Å²) in [6.45, 7) is 2.35. The van der Waals surface area contributed by atoms with Crippen LogP contribution in [0.5, 0.6) is 5.75 Å². The number of nitrogens with zero attached hydrogens (tertiary/aromatic N) is 2. The van der Waals surface area contributed by atoms with Crippen LogP contribution < -0.4 is 20.3 Å². The highest BCUT2D eigenvalue weighted by Crippen LogP contribution is 2.35. The highest BCUT2D eigenvalue weighted by Gasteiger charge is 2.32. The lowest BCUT2D eigenvalue weighted by Gasteiger charge is -2.28. The number of cyclic esters (lactones) is 1. The van der Waals surface area contributed by atoms with Crippen molar-refractivity contribution in [3.63, 3.8) is 0 Å². The summed E-state index contributed by atoms with van der Waals surface area (Å²) in [6, 6.07) is 5.75. The number of likely N-dealkylation sites (N-methyl/N-ethyl adjacent to an activating group) is 1. The fourth-order valence-electron chi connectivity index (χ4n) is 2.37. The van der Waals surface area contributed by atoms with Gasteiger partial charge < -0.3 is 20.1 Å². The number of ether oxygens (including phenoxy) is 2. The van der Waals surface area contributed by atoms with Gasteiger partial charge in [-0.3, -0.25) is 4.90 Å². The van der Waals surface area contributed by atoms with Crippen LogP contribution in [0.3, 0.4) is 0 Å². The average Bonchev–Trinajstić information content (AvgIpc) is 2.80. The number of carbonyl (C=O) groups is 1. The predicted octanol–water partition coefficient (Wildman–Crippen LogP) is 0.799. The van der Waals surface area contributed by atoms with Crippen LogP contribution in [-0.2, 0) is 4.74 Å². The molecule has 0 bridgehead atoms. The quantitative estimate of drug-likeness (QED) is 0.854. The van der Waals surface area contributed by atoms with Gasteiger partial charge in [0.15, 0.2) is 0 Å². The summed E-state index contributed by atoms with van der Waals surface area (Å²) >= 11 is 0. The first-order chi connectivity index (χ1) is 9.19. The van der Waals surface area contributed by atoms with Gasteiger partial charge in [0.05, 0.1) is 24.5 Å². The highest BCUT2D eigenvalue weighted by atomic mass is 16.6. The number of hydrogen-bond donors (Lipinski definition) is 1. The Kier molecular flexibility index (Phi) is 2.94. The zero-order valence-electron chi connectivity index (χ0n) is 10.8. The smallest absolute Gasteiger partial charge is 0.414 e. The SMILES string of the molecule is CN1CCOc2cc(N3C[C@H](CN)OC3=O)ccc21. The lowest BCUT2D eigenvalue weighted by Crippen LogP contribution is -2.30. The summed E-state index contributed by atoms with van der Waals surface area (Å²) in [7, 11) is 2.02. The van der Waals surface area contributed by atoms with Crippen molar-refractivity contribution < 1.29 is 14.3 Å². The van der Waals surface area contributed by atoms with Crippen LogP contribution >= 0.6 is 0 Å². The van der Waals surface area contributed by atoms with E-state index >= 15 is 0 Å². The van der Waals surface area contributed by atoms with Gasteiger partial charge in [-0.15, -0.1) is 0 Å². The molecule has 6 heteroatoms. The molecule has 1 amide bonds. The summed E-state index contributed by atoms with van der Waals surface area (Å²) in [5.41, 5.74) is 7.36. The molecule has 0 saturated carbocycles. The Morgan fingerprint density at radius 1 is 1.47 bits per heavy atom. The van der Waals surface area contributed by atoms with Gasteiger partial charge in [-0.25, -0.2) is 4.79 Å². The number of fused-ring (bicyclic) bond motifs is 1. The maximum absolute atomic E-state index is 11.8. The summed E-state index contributed by atoms with van der Waals surface area (Å²) in [5, 5.41) is 0. The molecule has 0 aromatic heterocycles. The molecule has 1 aromatic rings. The summed E-state index contributed by atoms with van der Waals surface area (Å²) in [4.78, 5) is 15.5. The Labute approximate surface area is 111 Å². The molecule has 19 heavy (non-hydrogen) atoms. The second-order valence-corrected chi connectivity index (χ2v) is 4.77. The number of anilines is 2. The first-order valence-electron chi connectivity index (χ1n) is 6.35. The maximum Gasteiger partial charge on any atom is 0.414 e. The molecular weight excluding hydrogens is 246 g/mol. The molecule has 0 spiro atoms. The lowest BCUT2D eigenvalue weighted by atomic mass is 10.2. The molecule has 6 nitrogen and oxygen atoms in total. The van der Waals surface area contributed by atoms with Gasteiger partial charge in [0.2, 0.25) is 0 Å². The molecule has 2 aliphatic rings. The van der Waals surface area contributed by atoms with E-state index in [1.165, 1.54) is 0 Å². The fraction of sp³-hybridized carbons (Fsp3) is 0.462. The molecule has 2 N–H and O–H groups in total. The van der Waals surface area contributed by atoms with Crippen molar-refractivity contribution in [1.82, 2.24) is 0 Å². The maximum atomic E-state index is 11.8. The van der Waals surface area contributed by atoms with E-state index < -0.39 is 0 Å². The van der Waals surface area contributed by atoms with Crippen molar-refractivity contribution in [1.29, 1.82) is 0 Å². The molecule has 1 saturated heterocycles. The van der Waals surface area contributed by atoms with Crippen LogP contribution in [0.1, 0.15) is 0 Å². The van der Waals surface area contributed by atoms with Crippen molar-refractivity contribution in [3.8, 4) is 5.75 Å². The first kappa shape index (κ1) is 12.1. The van der Waals surface area contributed by atoms with Crippen molar-refractivity contribution in [2.75, 3.05) is 43.1 Å². The van der Waals surface area contributed by atoms with Gasteiger partial charge >= 0.3 is 6.09 Å². The standard InChI is InChI=1S/C13H17N3O3/c1-15-4-5-18-12-6-9(2-3-11(12)15)16-8-10(7-14)19-13(16)17/h2-3,6,10H,4-5,7-8,14H2,1H3/t10-/m0/s1. The van der Waals surface area contributed by atoms with Crippen LogP contribution in [0.15, 0.2) is 18.2 Å². The Bertz CT molecular complexity index is 506. The average molecular weight is 263 g/mol. The van der Waals surface area contributed by atoms with Crippen LogP contribution in [-0.4, -0.2) is 45.5 Å². The van der Waals surface area contributed by atoms with E-state index in [9.17, 15) is 4.79 Å². The molecule has 2 aliphatic heterocycles. The molecule has 1 aromatic carbocycles. The molecule has 1 fully saturated rings. The van der Waals surface area contributed by atoms with Crippen LogP contribution in [0.25, 0.3) is 0 Å². The predicted molar refractivity (Wildman–Crippen MR) is 71.9 cm³/mol. The van der Waals surface area contributed by atoms with E-state index in [4.69, 9.17) is 15.2 Å². The molecule has 0 radical (unpaired) electrons. The molecule has 1 atom stereocenters. The Morgan fingerprint density at radius 2 is 2.32 bits per heavy atom. The van der Waals surface area contributed by atoms with E-state index in [1.807, 2.05) is 25.2 Å². The van der Waals surface area contributed by atoms with Gasteiger partial charge in [-0.2, -0.15) is 0 Å². The lowest BCUT2D eigenvalue weighted by molar-refractivity contribution is 0.145. The summed E-state index contributed by atoms with van der Waals surface area (Å²) < 4.78 is 10.8. The Hall–Kier alpha value is -1.95. The van der Waals surface area contributed by atoms with Crippen LogP contribution in [0.2, 0.25) is 0 Å². The molecule has 102 valence electrons. The van der Waals surface area contributed by atoms with Gasteiger partial charge in [0.1, 0.15) is 18.5 Å². The monoisotopic (exact) mass is 263 g/mol. The van der Waals surface area contributed by atoms with E-state index in [-0.39, 0.29) is 12.2 Å². The summed E-state index contributed by atoms with van der Waals surface area (Å²) in [5.74, 6) is 0.801. The zero-order valence-corrected chi connectivity index (χ0v) is 10.8. The number of benzene rings is 1. The summed E-state index contributed by atoms with van der Waals surface area (Å²) in [6.07, 6.45) is -0.577. The second kappa shape index (κ2) is 4.62. The van der Waals surface area contributed by atoms with E-state index in [0.29, 0.717) is 19.7 Å². The van der Waals surface area contributed by atoms with Crippen LogP contribution in [0, 0.1) is 0 Å². The van der Waals surface area contributed by atoms with Gasteiger partial charge in [-0.05, 0) is 12.1 Å². The van der Waals surface area contributed by atoms with Gasteiger partial charge in [-0.1, -0.05) is 0 Å². The number of hydrogen-bond acceptors (Lipinski definition) is 5. The minimum absolute atomic E-state index is 0.230. The Morgan fingerprint density at radius 3 is 3.05 bits per heavy atom. The molecular formula is C13H17N3O3. The van der Waals surface area contributed by atoms with Crippen molar-refractivity contribution >= 4 is 17.5 Å². The van der Waals surface area contributed by atoms with Gasteiger partial charge in [0.25, 0.3) is 0 Å². The number of carbonyl (C=O) groups excluding carboxylic acids is 1. The van der Waals surface area contributed by atoms with Crippen LogP contribution in [0.4, 0.5) is 16.2 Å². The molecule has 0 unspecified atom stereocenters. The largest absolute Gasteiger partial charge is 0.489 e. The molecule has 3 rings (SSSR count). The van der Waals surface area contributed by atoms with Crippen molar-refractivity contribution in [3.05, 3.63) is 18.2 Å². The number of amides is 1. The highest BCUT2D eigenvalue weighted by molar-refractivity contribution is 5.90. The molecule has 0 aliphatic carbocycles. The van der Waals surface area contributed by atoms with E-state index in [1.54, 1.807) is 4.90 Å². The second-order valence-electron chi connectivity index (χ2n) is 4.77. The fourth-order valence-corrected chi connectivity index (χ4v) is 2.37. The third-order valence-electron chi connectivity index (χ3n) is 3.49. The van der Waals surface area contributed by atoms with Crippen molar-refractivity contribution in [2.45, 2.75) is 6.10 Å². The first-order valence-corrected chi connectivity index (χ1v) is 6.35. The normalized spacial score (nSPS) is 22.0. The zero-order chi connectivity index (χ0) is 13.4. The third kappa shape index (κ3) is 2.08. The van der Waals surface area contributed by atoms with Gasteiger partial charge in [0, 0.05) is 19.7 Å². The van der Waals surface area contributed by atoms with Crippen molar-refractivity contribution in [2.24, 2.45) is 5.73 Å². The number of nitrogens with two attached hydrogens (primary N) is 1. The minimum atomic E-state index is -0.348. The molecule has 2 heterocycles. The topological polar surface area (TPSA) is 68.0 Å². The number of rotatable bonds is 2. The Balaban J connectivity index is 1.88. The van der Waals surface area contributed by atoms with E-state index in [0.717, 1.165) is 23.7 Å². The third-order valence-corrected chi connectivity index (χ3v) is 3.49. The minimum Gasteiger partial charge on any atom is -0.489 e. The van der Waals surface area contributed by atoms with E-state index in [2.05, 4.69) is 4.90 Å².